The number of imidazole rings is 1. The van der Waals surface area contributed by atoms with E-state index in [1.165, 1.54) is 64.5 Å². The molecule has 0 N–H and O–H groups in total. The van der Waals surface area contributed by atoms with Gasteiger partial charge >= 0.3 is 0 Å². The minimum atomic E-state index is -0.181. The summed E-state index contributed by atoms with van der Waals surface area (Å²) in [7, 11) is 1.98. The van der Waals surface area contributed by atoms with Gasteiger partial charge in [-0.3, -0.25) is 9.69 Å². The Morgan fingerprint density at radius 3 is 2.46 bits per heavy atom. The molecule has 1 aliphatic carbocycles. The van der Waals surface area contributed by atoms with E-state index in [9.17, 15) is 4.79 Å². The van der Waals surface area contributed by atoms with Crippen LogP contribution in [-0.4, -0.2) is 57.5 Å². The van der Waals surface area contributed by atoms with Crippen molar-refractivity contribution >= 4 is 5.91 Å². The maximum Gasteiger partial charge on any atom is 0.245 e. The number of carbonyl (C=O) groups is 1. The van der Waals surface area contributed by atoms with Crippen molar-refractivity contribution in [2.75, 3.05) is 26.7 Å². The molecule has 5 nitrogen and oxygen atoms in total. The molecule has 1 aliphatic heterocycles. The van der Waals surface area contributed by atoms with Gasteiger partial charge in [-0.15, -0.1) is 0 Å². The Kier molecular flexibility index (Phi) is 5.59. The van der Waals surface area contributed by atoms with Crippen molar-refractivity contribution in [3.8, 4) is 0 Å². The molecule has 1 aromatic rings. The average Bonchev–Trinajstić information content (AvgIpc) is 3.16. The number of piperidine rings is 1. The second-order valence-corrected chi connectivity index (χ2v) is 7.71. The van der Waals surface area contributed by atoms with Crippen LogP contribution in [0.1, 0.15) is 64.3 Å². The Morgan fingerprint density at radius 2 is 1.83 bits per heavy atom. The zero-order chi connectivity index (χ0) is 17.0. The van der Waals surface area contributed by atoms with Gasteiger partial charge in [0.15, 0.2) is 0 Å². The SMILES string of the molecule is C[C@@H](C(=O)N(C)CC1(N2CCCCC2)CCCCC1)n1ccnc1. The first-order chi connectivity index (χ1) is 11.6. The molecule has 134 valence electrons. The fourth-order valence-corrected chi connectivity index (χ4v) is 4.62. The lowest BCUT2D eigenvalue weighted by Crippen LogP contribution is -2.58. The lowest BCUT2D eigenvalue weighted by Gasteiger charge is -2.50. The molecule has 0 aromatic carbocycles. The number of likely N-dealkylation sites (tertiary alicyclic amines) is 1. The van der Waals surface area contributed by atoms with Crippen molar-refractivity contribution in [3.63, 3.8) is 0 Å². The van der Waals surface area contributed by atoms with Crippen LogP contribution in [0.15, 0.2) is 18.7 Å². The van der Waals surface area contributed by atoms with Crippen LogP contribution in [0, 0.1) is 0 Å². The number of hydrogen-bond donors (Lipinski definition) is 0. The molecule has 0 unspecified atom stereocenters. The van der Waals surface area contributed by atoms with Crippen molar-refractivity contribution in [2.24, 2.45) is 0 Å². The van der Waals surface area contributed by atoms with E-state index in [2.05, 4.69) is 9.88 Å². The molecule has 1 atom stereocenters. The van der Waals surface area contributed by atoms with Crippen LogP contribution in [0.5, 0.6) is 0 Å². The summed E-state index contributed by atoms with van der Waals surface area (Å²) in [6, 6.07) is -0.181. The summed E-state index contributed by atoms with van der Waals surface area (Å²) in [6.07, 6.45) is 15.8. The molecule has 24 heavy (non-hydrogen) atoms. The summed E-state index contributed by atoms with van der Waals surface area (Å²) >= 11 is 0. The van der Waals surface area contributed by atoms with Crippen molar-refractivity contribution < 1.29 is 4.79 Å². The summed E-state index contributed by atoms with van der Waals surface area (Å²) in [5, 5.41) is 0. The first-order valence-electron chi connectivity index (χ1n) is 9.60. The maximum absolute atomic E-state index is 12.9. The van der Waals surface area contributed by atoms with Gasteiger partial charge in [-0.25, -0.2) is 4.98 Å². The zero-order valence-electron chi connectivity index (χ0n) is 15.3. The predicted octanol–water partition coefficient (Wildman–Crippen LogP) is 3.09. The minimum Gasteiger partial charge on any atom is -0.342 e. The van der Waals surface area contributed by atoms with Crippen LogP contribution < -0.4 is 0 Å². The molecule has 1 saturated heterocycles. The van der Waals surface area contributed by atoms with Gasteiger partial charge in [0.05, 0.1) is 6.33 Å². The second kappa shape index (κ2) is 7.68. The van der Waals surface area contributed by atoms with Crippen LogP contribution in [0.25, 0.3) is 0 Å². The Hall–Kier alpha value is -1.36. The average molecular weight is 332 g/mol. The normalized spacial score (nSPS) is 22.9. The van der Waals surface area contributed by atoms with Crippen molar-refractivity contribution in [1.29, 1.82) is 0 Å². The van der Waals surface area contributed by atoms with E-state index in [0.29, 0.717) is 0 Å². The van der Waals surface area contributed by atoms with Gasteiger partial charge in [0.1, 0.15) is 6.04 Å². The van der Waals surface area contributed by atoms with Gasteiger partial charge in [0, 0.05) is 31.5 Å². The van der Waals surface area contributed by atoms with E-state index in [1.807, 2.05) is 29.6 Å². The molecule has 2 aliphatic rings. The topological polar surface area (TPSA) is 41.4 Å². The number of amides is 1. The minimum absolute atomic E-state index is 0.181. The molecule has 2 heterocycles. The fraction of sp³-hybridized carbons (Fsp3) is 0.789. The Bertz CT molecular complexity index is 515. The number of rotatable bonds is 5. The van der Waals surface area contributed by atoms with Gasteiger partial charge in [-0.2, -0.15) is 0 Å². The predicted molar refractivity (Wildman–Crippen MR) is 95.8 cm³/mol. The van der Waals surface area contributed by atoms with E-state index < -0.39 is 0 Å². The van der Waals surface area contributed by atoms with E-state index in [1.54, 1.807) is 12.5 Å². The van der Waals surface area contributed by atoms with E-state index in [4.69, 9.17) is 0 Å². The third-order valence-corrected chi connectivity index (χ3v) is 6.05. The van der Waals surface area contributed by atoms with E-state index in [-0.39, 0.29) is 17.5 Å². The zero-order valence-corrected chi connectivity index (χ0v) is 15.3. The fourth-order valence-electron chi connectivity index (χ4n) is 4.62. The van der Waals surface area contributed by atoms with Gasteiger partial charge in [0.2, 0.25) is 5.91 Å². The van der Waals surface area contributed by atoms with Crippen LogP contribution in [0.2, 0.25) is 0 Å². The third-order valence-electron chi connectivity index (χ3n) is 6.05. The van der Waals surface area contributed by atoms with Crippen LogP contribution >= 0.6 is 0 Å². The lowest BCUT2D eigenvalue weighted by atomic mass is 9.78. The Morgan fingerprint density at radius 1 is 1.17 bits per heavy atom. The van der Waals surface area contributed by atoms with E-state index >= 15 is 0 Å². The number of hydrogen-bond acceptors (Lipinski definition) is 3. The summed E-state index contributed by atoms with van der Waals surface area (Å²) in [5.74, 6) is 0.190. The molecule has 3 rings (SSSR count). The summed E-state index contributed by atoms with van der Waals surface area (Å²) in [5.41, 5.74) is 0.206. The summed E-state index contributed by atoms with van der Waals surface area (Å²) in [6.45, 7) is 5.25. The molecule has 1 amide bonds. The quantitative estimate of drug-likeness (QED) is 0.832. The lowest BCUT2D eigenvalue weighted by molar-refractivity contribution is -0.135. The van der Waals surface area contributed by atoms with Crippen LogP contribution in [0.4, 0.5) is 0 Å². The van der Waals surface area contributed by atoms with Crippen molar-refractivity contribution in [1.82, 2.24) is 19.4 Å². The highest BCUT2D eigenvalue weighted by Gasteiger charge is 2.40. The van der Waals surface area contributed by atoms with Crippen molar-refractivity contribution in [2.45, 2.75) is 69.9 Å². The second-order valence-electron chi connectivity index (χ2n) is 7.71. The molecule has 1 aromatic heterocycles. The third kappa shape index (κ3) is 3.66. The van der Waals surface area contributed by atoms with Gasteiger partial charge in [-0.1, -0.05) is 25.7 Å². The van der Waals surface area contributed by atoms with Crippen LogP contribution in [-0.2, 0) is 4.79 Å². The first kappa shape index (κ1) is 17.5. The summed E-state index contributed by atoms with van der Waals surface area (Å²) < 4.78 is 1.90. The molecular weight excluding hydrogens is 300 g/mol. The Labute approximate surface area is 146 Å². The molecule has 5 heteroatoms. The highest BCUT2D eigenvalue weighted by atomic mass is 16.2. The molecular formula is C19H32N4O. The van der Waals surface area contributed by atoms with Gasteiger partial charge in [-0.05, 0) is 45.7 Å². The summed E-state index contributed by atoms with van der Waals surface area (Å²) in [4.78, 5) is 21.7. The number of aromatic nitrogens is 2. The highest BCUT2D eigenvalue weighted by molar-refractivity contribution is 5.79. The van der Waals surface area contributed by atoms with Crippen LogP contribution in [0.3, 0.4) is 0 Å². The molecule has 0 spiro atoms. The first-order valence-corrected chi connectivity index (χ1v) is 9.60. The van der Waals surface area contributed by atoms with E-state index in [0.717, 1.165) is 6.54 Å². The Balaban J connectivity index is 1.70. The molecule has 1 saturated carbocycles. The van der Waals surface area contributed by atoms with Crippen molar-refractivity contribution in [3.05, 3.63) is 18.7 Å². The largest absolute Gasteiger partial charge is 0.342 e. The standard InChI is InChI=1S/C19H32N4O/c1-17(22-14-11-20-16-22)18(24)21(2)15-19(9-5-3-6-10-19)23-12-7-4-8-13-23/h11,14,16-17H,3-10,12-13,15H2,1-2H3/t17-/m0/s1. The maximum atomic E-state index is 12.9. The molecule has 0 bridgehead atoms. The monoisotopic (exact) mass is 332 g/mol. The van der Waals surface area contributed by atoms with Gasteiger partial charge in [0.25, 0.3) is 0 Å². The smallest absolute Gasteiger partial charge is 0.245 e. The highest BCUT2D eigenvalue weighted by Crippen LogP contribution is 2.36. The molecule has 2 fully saturated rings. The van der Waals surface area contributed by atoms with Gasteiger partial charge < -0.3 is 9.47 Å². The number of likely N-dealkylation sites (N-methyl/N-ethyl adjacent to an activating group) is 1. The number of carbonyl (C=O) groups excluding carboxylic acids is 1. The number of nitrogens with zero attached hydrogens (tertiary/aromatic N) is 4. The molecule has 0 radical (unpaired) electrons.